The molecule has 0 bridgehead atoms. The van der Waals surface area contributed by atoms with Gasteiger partial charge in [0.15, 0.2) is 0 Å². The maximum absolute atomic E-state index is 15.1. The van der Waals surface area contributed by atoms with Crippen LogP contribution in [0, 0.1) is 23.6 Å². The van der Waals surface area contributed by atoms with Gasteiger partial charge in [0.25, 0.3) is 0 Å². The summed E-state index contributed by atoms with van der Waals surface area (Å²) in [7, 11) is 3.67. The average Bonchev–Trinajstić information content (AvgIpc) is 3.90. The highest BCUT2D eigenvalue weighted by Gasteiger charge is 2.47. The number of likely N-dealkylation sites (N-methyl/N-ethyl adjacent to an activating group) is 2. The number of hydrogen-bond acceptors (Lipinski definition) is 17. The van der Waals surface area contributed by atoms with E-state index in [1.54, 1.807) is 50.8 Å². The van der Waals surface area contributed by atoms with Crippen molar-refractivity contribution < 1.29 is 63.2 Å². The zero-order chi connectivity index (χ0) is 48.2. The lowest BCUT2D eigenvalue weighted by Crippen LogP contribution is -2.59. The van der Waals surface area contributed by atoms with Crippen LogP contribution >= 0.6 is 0 Å². The topological polar surface area (TPSA) is 225 Å². The van der Waals surface area contributed by atoms with Gasteiger partial charge in [-0.05, 0) is 78.7 Å². The van der Waals surface area contributed by atoms with E-state index in [1.807, 2.05) is 35.6 Å². The van der Waals surface area contributed by atoms with Crippen molar-refractivity contribution >= 4 is 23.4 Å². The molecule has 0 aliphatic carbocycles. The normalized spacial score (nSPS) is 35.9. The number of morpholine rings is 1. The summed E-state index contributed by atoms with van der Waals surface area (Å²) in [4.78, 5) is 33.5. The molecule has 3 saturated heterocycles. The molecule has 4 aliphatic heterocycles. The van der Waals surface area contributed by atoms with Gasteiger partial charge in [0, 0.05) is 63.2 Å². The molecule has 5 N–H and O–H groups in total. The number of benzene rings is 1. The first-order valence-electron chi connectivity index (χ1n) is 23.3. The van der Waals surface area contributed by atoms with E-state index in [1.165, 1.54) is 24.8 Å². The predicted octanol–water partition coefficient (Wildman–Crippen LogP) is 2.83. The molecule has 13 atom stereocenters. The third kappa shape index (κ3) is 11.7. The number of carbonyl (C=O) groups is 2. The number of rotatable bonds is 11. The quantitative estimate of drug-likeness (QED) is 0.204. The Morgan fingerprint density at radius 2 is 1.73 bits per heavy atom. The van der Waals surface area contributed by atoms with Crippen LogP contribution in [-0.2, 0) is 41.4 Å². The van der Waals surface area contributed by atoms with Gasteiger partial charge < -0.3 is 63.9 Å². The first kappa shape index (κ1) is 51.2. The summed E-state index contributed by atoms with van der Waals surface area (Å²) in [5.41, 5.74) is -0.265. The van der Waals surface area contributed by atoms with Crippen molar-refractivity contribution in [1.82, 2.24) is 24.8 Å². The number of nitrogens with zero attached hydrogens (tertiary/aromatic N) is 7. The molecule has 0 radical (unpaired) electrons. The van der Waals surface area contributed by atoms with Crippen molar-refractivity contribution in [2.75, 3.05) is 69.8 Å². The van der Waals surface area contributed by atoms with Crippen LogP contribution in [0.3, 0.4) is 0 Å². The number of carbonyl (C=O) groups excluding carboxylic acids is 2. The van der Waals surface area contributed by atoms with Gasteiger partial charge in [0.1, 0.15) is 47.4 Å². The van der Waals surface area contributed by atoms with E-state index in [-0.39, 0.29) is 49.5 Å². The molecule has 1 amide bonds. The second-order valence-corrected chi connectivity index (χ2v) is 19.1. The number of anilines is 2. The summed E-state index contributed by atoms with van der Waals surface area (Å²) < 4.78 is 46.0. The third-order valence-corrected chi connectivity index (χ3v) is 13.9. The van der Waals surface area contributed by atoms with Crippen molar-refractivity contribution in [3.05, 3.63) is 47.4 Å². The summed E-state index contributed by atoms with van der Waals surface area (Å²) in [6, 6.07) is 3.72. The molecule has 0 spiro atoms. The standard InChI is InChI=1S/C46H72FN7O12/c1-10-38-46(7,61)42(58)30(6)51(9)22-26(2)19-37(55)41(28(4)39(56)29(5)43(59)65-38)66-44-40(57)36(20-27(3)63-44)50(8)14-13-31-23-53(49-48-31)24-33-25-54(45(60)64-33)32-11-12-35(34(47)21-32)52-15-17-62-18-16-52/h11-12,21,23,26-30,33,36,38-40,42,44,55-58,61H,10,13-20,22,24-25H2,1-9H3/b41-37-/t26-,27-,28+,29-,30-,33+,36+,38-,39+,40-,42-,44+,46-/m1/s1. The summed E-state index contributed by atoms with van der Waals surface area (Å²) in [6.45, 7) is 15.3. The second-order valence-electron chi connectivity index (χ2n) is 19.1. The Labute approximate surface area is 387 Å². The van der Waals surface area contributed by atoms with Gasteiger partial charge in [0.2, 0.25) is 6.29 Å². The minimum atomic E-state index is -1.81. The number of halogens is 1. The van der Waals surface area contributed by atoms with E-state index in [4.69, 9.17) is 23.7 Å². The monoisotopic (exact) mass is 934 g/mol. The molecule has 20 heteroatoms. The first-order chi connectivity index (χ1) is 31.2. The van der Waals surface area contributed by atoms with Crippen molar-refractivity contribution in [2.45, 2.75) is 141 Å². The molecule has 0 unspecified atom stereocenters. The van der Waals surface area contributed by atoms with Crippen LogP contribution < -0.4 is 9.80 Å². The fraction of sp³-hybridized carbons (Fsp3) is 0.739. The Kier molecular flexibility index (Phi) is 17.0. The molecular formula is C46H72FN7O12. The molecule has 370 valence electrons. The molecule has 5 heterocycles. The number of aliphatic hydroxyl groups excluding tert-OH is 4. The lowest BCUT2D eigenvalue weighted by atomic mass is 9.86. The fourth-order valence-corrected chi connectivity index (χ4v) is 9.55. The van der Waals surface area contributed by atoms with E-state index in [0.717, 1.165) is 0 Å². The van der Waals surface area contributed by atoms with E-state index in [0.29, 0.717) is 69.3 Å². The highest BCUT2D eigenvalue weighted by atomic mass is 19.1. The highest BCUT2D eigenvalue weighted by molar-refractivity contribution is 5.90. The zero-order valence-electron chi connectivity index (χ0n) is 39.8. The number of cyclic esters (lactones) is 2. The molecule has 1 aromatic heterocycles. The number of esters is 1. The molecule has 6 rings (SSSR count). The van der Waals surface area contributed by atoms with Crippen molar-refractivity contribution in [3.63, 3.8) is 0 Å². The lowest BCUT2D eigenvalue weighted by molar-refractivity contribution is -0.244. The highest BCUT2D eigenvalue weighted by Crippen LogP contribution is 2.35. The Morgan fingerprint density at radius 1 is 1.02 bits per heavy atom. The van der Waals surface area contributed by atoms with Gasteiger partial charge in [-0.25, -0.2) is 13.9 Å². The fourth-order valence-electron chi connectivity index (χ4n) is 9.55. The molecular weight excluding hydrogens is 862 g/mol. The molecule has 2 aromatic rings. The lowest BCUT2D eigenvalue weighted by Gasteiger charge is -2.43. The maximum Gasteiger partial charge on any atom is 0.414 e. The third-order valence-electron chi connectivity index (χ3n) is 13.9. The summed E-state index contributed by atoms with van der Waals surface area (Å²) >= 11 is 0. The summed E-state index contributed by atoms with van der Waals surface area (Å²) in [5.74, 6) is -3.74. The number of hydrogen-bond donors (Lipinski definition) is 5. The van der Waals surface area contributed by atoms with Gasteiger partial charge in [0.05, 0.1) is 61.5 Å². The first-order valence-corrected chi connectivity index (χ1v) is 23.3. The van der Waals surface area contributed by atoms with Gasteiger partial charge in [-0.3, -0.25) is 9.69 Å². The van der Waals surface area contributed by atoms with Gasteiger partial charge >= 0.3 is 12.1 Å². The number of aliphatic hydroxyl groups is 5. The van der Waals surface area contributed by atoms with E-state index in [9.17, 15) is 35.1 Å². The average molecular weight is 934 g/mol. The number of allylic oxidation sites excluding steroid dienone is 1. The van der Waals surface area contributed by atoms with E-state index >= 15 is 4.39 Å². The van der Waals surface area contributed by atoms with Crippen molar-refractivity contribution in [1.29, 1.82) is 0 Å². The van der Waals surface area contributed by atoms with Crippen molar-refractivity contribution in [2.24, 2.45) is 17.8 Å². The molecule has 19 nitrogen and oxygen atoms in total. The Balaban J connectivity index is 1.09. The van der Waals surface area contributed by atoms with Crippen LogP contribution in [0.25, 0.3) is 0 Å². The van der Waals surface area contributed by atoms with Gasteiger partial charge in [-0.15, -0.1) is 5.10 Å². The molecule has 66 heavy (non-hydrogen) atoms. The van der Waals surface area contributed by atoms with Gasteiger partial charge in [-0.1, -0.05) is 26.0 Å². The summed E-state index contributed by atoms with van der Waals surface area (Å²) in [5, 5.41) is 66.5. The molecule has 3 fully saturated rings. The van der Waals surface area contributed by atoms with Crippen LogP contribution in [0.15, 0.2) is 35.9 Å². The minimum Gasteiger partial charge on any atom is -0.509 e. The molecule has 1 aromatic carbocycles. The minimum absolute atomic E-state index is 0.0280. The van der Waals surface area contributed by atoms with E-state index in [2.05, 4.69) is 10.3 Å². The predicted molar refractivity (Wildman–Crippen MR) is 240 cm³/mol. The Bertz CT molecular complexity index is 1980. The SMILES string of the molecule is CC[C@H]1OC(=O)[C@H](C)[C@@H](O)[C@H](C)/C(O[C@@H]2O[C@H](C)C[C@H](N(C)CCc3cn(C[C@H]4CN(c5ccc(N6CCOCC6)c(F)c5)C(=O)O4)nn3)[C@H]2O)=C(/O)C[C@@H](C)CN(C)[C@H](C)[C@@H](O)[C@]1(C)O. The molecule has 4 aliphatic rings. The number of ether oxygens (including phenoxy) is 5. The van der Waals surface area contributed by atoms with Crippen LogP contribution in [0.2, 0.25) is 0 Å². The van der Waals surface area contributed by atoms with E-state index < -0.39 is 84.2 Å². The van der Waals surface area contributed by atoms with Gasteiger partial charge in [-0.2, -0.15) is 0 Å². The second kappa shape index (κ2) is 21.9. The largest absolute Gasteiger partial charge is 0.509 e. The summed E-state index contributed by atoms with van der Waals surface area (Å²) in [6.07, 6.45) is -4.75. The smallest absolute Gasteiger partial charge is 0.414 e. The number of amides is 1. The maximum atomic E-state index is 15.1. The molecule has 0 saturated carbocycles. The van der Waals surface area contributed by atoms with Crippen LogP contribution in [0.4, 0.5) is 20.6 Å². The van der Waals surface area contributed by atoms with Crippen LogP contribution in [0.5, 0.6) is 0 Å². The van der Waals surface area contributed by atoms with Crippen LogP contribution in [0.1, 0.15) is 73.4 Å². The van der Waals surface area contributed by atoms with Crippen LogP contribution in [-0.4, -0.2) is 183 Å². The Morgan fingerprint density at radius 3 is 2.41 bits per heavy atom. The number of aromatic nitrogens is 3. The van der Waals surface area contributed by atoms with Crippen molar-refractivity contribution in [3.8, 4) is 0 Å². The Hall–Kier alpha value is -4.15. The zero-order valence-corrected chi connectivity index (χ0v) is 39.8.